The van der Waals surface area contributed by atoms with Crippen molar-refractivity contribution in [1.82, 2.24) is 4.90 Å². The van der Waals surface area contributed by atoms with Crippen molar-refractivity contribution in [2.24, 2.45) is 11.8 Å². The van der Waals surface area contributed by atoms with Crippen molar-refractivity contribution < 1.29 is 24.2 Å². The molecule has 1 spiro atoms. The Morgan fingerprint density at radius 2 is 1.64 bits per heavy atom. The highest BCUT2D eigenvalue weighted by Gasteiger charge is 2.74. The molecule has 2 aromatic rings. The van der Waals surface area contributed by atoms with E-state index in [1.807, 2.05) is 74.5 Å². The van der Waals surface area contributed by atoms with Crippen molar-refractivity contribution in [2.45, 2.75) is 31.1 Å². The monoisotopic (exact) mass is 547 g/mol. The van der Waals surface area contributed by atoms with Crippen LogP contribution in [0.5, 0.6) is 0 Å². The summed E-state index contributed by atoms with van der Waals surface area (Å²) in [6.07, 6.45) is 7.34. The van der Waals surface area contributed by atoms with Crippen molar-refractivity contribution >= 4 is 40.7 Å². The zero-order valence-electron chi connectivity index (χ0n) is 21.8. The zero-order chi connectivity index (χ0) is 27.5. The topological polar surface area (TPSA) is 90.4 Å². The van der Waals surface area contributed by atoms with Gasteiger partial charge in [0.15, 0.2) is 0 Å². The third kappa shape index (κ3) is 3.69. The molecule has 0 aromatic heterocycles. The molecule has 3 amide bonds. The van der Waals surface area contributed by atoms with E-state index in [-0.39, 0.29) is 37.4 Å². The van der Waals surface area contributed by atoms with Crippen LogP contribution in [0.2, 0.25) is 5.02 Å². The van der Waals surface area contributed by atoms with Gasteiger partial charge in [-0.25, -0.2) is 0 Å². The highest BCUT2D eigenvalue weighted by molar-refractivity contribution is 6.34. The van der Waals surface area contributed by atoms with Crippen LogP contribution in [0.4, 0.5) is 11.4 Å². The number of hydrogen-bond acceptors (Lipinski definition) is 5. The van der Waals surface area contributed by atoms with E-state index in [4.69, 9.17) is 16.3 Å². The number of aliphatic hydroxyl groups excluding tert-OH is 1. The first-order valence-electron chi connectivity index (χ1n) is 13.1. The summed E-state index contributed by atoms with van der Waals surface area (Å²) in [6.45, 7) is 3.85. The van der Waals surface area contributed by atoms with Gasteiger partial charge >= 0.3 is 0 Å². The molecule has 1 unspecified atom stereocenters. The minimum atomic E-state index is -1.40. The lowest BCUT2D eigenvalue weighted by molar-refractivity contribution is -0.144. The highest BCUT2D eigenvalue weighted by atomic mass is 35.5. The number of anilines is 2. The second kappa shape index (κ2) is 9.33. The van der Waals surface area contributed by atoms with Crippen molar-refractivity contribution in [3.8, 4) is 0 Å². The van der Waals surface area contributed by atoms with Crippen LogP contribution in [0, 0.1) is 18.8 Å². The number of benzene rings is 2. The molecular formula is C30H30ClN3O5. The molecule has 2 saturated heterocycles. The van der Waals surface area contributed by atoms with Gasteiger partial charge in [0.2, 0.25) is 11.8 Å². The Bertz CT molecular complexity index is 1390. The van der Waals surface area contributed by atoms with Crippen LogP contribution < -0.4 is 9.80 Å². The van der Waals surface area contributed by atoms with Crippen molar-refractivity contribution in [1.29, 1.82) is 0 Å². The summed E-state index contributed by atoms with van der Waals surface area (Å²) in [6, 6.07) is 13.7. The number of aliphatic hydroxyl groups is 1. The average Bonchev–Trinajstić information content (AvgIpc) is 3.17. The number of carbonyl (C=O) groups is 3. The van der Waals surface area contributed by atoms with Gasteiger partial charge in [-0.3, -0.25) is 14.4 Å². The van der Waals surface area contributed by atoms with E-state index in [0.29, 0.717) is 17.3 Å². The highest BCUT2D eigenvalue weighted by Crippen LogP contribution is 2.57. The molecule has 4 aliphatic heterocycles. The number of halogens is 1. The van der Waals surface area contributed by atoms with E-state index >= 15 is 0 Å². The normalized spacial score (nSPS) is 31.7. The maximum Gasteiger partial charge on any atom is 0.253 e. The lowest BCUT2D eigenvalue weighted by atomic mass is 9.74. The Morgan fingerprint density at radius 3 is 2.36 bits per heavy atom. The molecule has 0 bridgehead atoms. The lowest BCUT2D eigenvalue weighted by Gasteiger charge is -2.37. The number of amides is 3. The summed E-state index contributed by atoms with van der Waals surface area (Å²) >= 11 is 6.56. The van der Waals surface area contributed by atoms with Crippen LogP contribution in [0.15, 0.2) is 72.8 Å². The lowest BCUT2D eigenvalue weighted by Crippen LogP contribution is -2.56. The summed E-state index contributed by atoms with van der Waals surface area (Å²) < 4.78 is 6.80. The minimum absolute atomic E-state index is 0.0596. The van der Waals surface area contributed by atoms with Crippen LogP contribution in [-0.4, -0.2) is 71.2 Å². The largest absolute Gasteiger partial charge is 0.395 e. The first-order valence-corrected chi connectivity index (χ1v) is 13.5. The van der Waals surface area contributed by atoms with Gasteiger partial charge in [0, 0.05) is 25.3 Å². The van der Waals surface area contributed by atoms with Crippen LogP contribution in [0.3, 0.4) is 0 Å². The Morgan fingerprint density at radius 1 is 0.923 bits per heavy atom. The number of rotatable bonds is 4. The molecule has 5 atom stereocenters. The molecule has 8 nitrogen and oxygen atoms in total. The standard InChI is InChI=1S/C30H30ClN3O5/c1-19-9-6-12-21(31)24(19)33-16-8-14-30-23(27(37)34(17-18-35)25(30)28(33)38)22-26(36)32(20-10-4-3-5-11-20)15-7-13-29(22,2)39-30/h3-14,22-23,25,35H,15-18H2,1-2H3/t22-,23+,25?,29+,30+/m1/s1. The second-order valence-corrected chi connectivity index (χ2v) is 11.1. The molecule has 4 aliphatic rings. The summed E-state index contributed by atoms with van der Waals surface area (Å²) in [5.41, 5.74) is -0.414. The number of likely N-dealkylation sites (tertiary alicyclic amines) is 1. The molecule has 202 valence electrons. The van der Waals surface area contributed by atoms with E-state index in [2.05, 4.69) is 0 Å². The number of β-amino-alcohol motifs (C(OH)–C–C–N with tert-alkyl or cyclic N) is 1. The third-order valence-electron chi connectivity index (χ3n) is 8.42. The predicted molar refractivity (Wildman–Crippen MR) is 147 cm³/mol. The van der Waals surface area contributed by atoms with Crippen LogP contribution in [-0.2, 0) is 19.1 Å². The van der Waals surface area contributed by atoms with E-state index in [0.717, 1.165) is 11.3 Å². The van der Waals surface area contributed by atoms with Gasteiger partial charge in [0.25, 0.3) is 5.91 Å². The summed E-state index contributed by atoms with van der Waals surface area (Å²) in [4.78, 5) is 47.4. The number of carbonyl (C=O) groups excluding carboxylic acids is 3. The Kier molecular flexibility index (Phi) is 6.17. The number of nitrogens with zero attached hydrogens (tertiary/aromatic N) is 3. The van der Waals surface area contributed by atoms with Gasteiger partial charge in [0.1, 0.15) is 11.6 Å². The Balaban J connectivity index is 1.49. The molecule has 4 heterocycles. The molecule has 2 fully saturated rings. The number of ether oxygens (including phenoxy) is 1. The first kappa shape index (κ1) is 25.8. The van der Waals surface area contributed by atoms with E-state index < -0.39 is 29.1 Å². The third-order valence-corrected chi connectivity index (χ3v) is 8.73. The van der Waals surface area contributed by atoms with E-state index in [1.54, 1.807) is 21.9 Å². The molecule has 6 rings (SSSR count). The molecule has 0 saturated carbocycles. The maximum absolute atomic E-state index is 14.4. The molecule has 39 heavy (non-hydrogen) atoms. The van der Waals surface area contributed by atoms with Crippen LogP contribution in [0.25, 0.3) is 0 Å². The van der Waals surface area contributed by atoms with Gasteiger partial charge in [0.05, 0.1) is 34.8 Å². The number of hydrogen-bond donors (Lipinski definition) is 1. The fourth-order valence-electron chi connectivity index (χ4n) is 6.87. The van der Waals surface area contributed by atoms with Gasteiger partial charge in [-0.15, -0.1) is 0 Å². The Labute approximate surface area is 232 Å². The van der Waals surface area contributed by atoms with Crippen LogP contribution >= 0.6 is 11.6 Å². The zero-order valence-corrected chi connectivity index (χ0v) is 22.5. The smallest absolute Gasteiger partial charge is 0.253 e. The van der Waals surface area contributed by atoms with Gasteiger partial charge in [-0.1, -0.05) is 66.2 Å². The molecule has 1 N–H and O–H groups in total. The van der Waals surface area contributed by atoms with Crippen LogP contribution in [0.1, 0.15) is 12.5 Å². The molecule has 2 aromatic carbocycles. The first-order chi connectivity index (χ1) is 18.7. The SMILES string of the molecule is Cc1cccc(Cl)c1N1CC=C[C@]23O[C@@]4(C)C=CCN(c5ccccc5)C(=O)[C@H]4[C@H]2C(=O)N(CCO)C3C1=O. The number of aryl methyl sites for hydroxylation is 1. The summed E-state index contributed by atoms with van der Waals surface area (Å²) in [7, 11) is 0. The number of para-hydroxylation sites is 2. The van der Waals surface area contributed by atoms with Crippen molar-refractivity contribution in [3.05, 3.63) is 83.4 Å². The van der Waals surface area contributed by atoms with Gasteiger partial charge in [-0.2, -0.15) is 0 Å². The molecule has 0 aliphatic carbocycles. The van der Waals surface area contributed by atoms with E-state index in [9.17, 15) is 19.5 Å². The van der Waals surface area contributed by atoms with E-state index in [1.165, 1.54) is 4.90 Å². The summed E-state index contributed by atoms with van der Waals surface area (Å²) in [5, 5.41) is 10.3. The predicted octanol–water partition coefficient (Wildman–Crippen LogP) is 3.12. The minimum Gasteiger partial charge on any atom is -0.395 e. The average molecular weight is 548 g/mol. The summed E-state index contributed by atoms with van der Waals surface area (Å²) in [5.74, 6) is -2.81. The van der Waals surface area contributed by atoms with Gasteiger partial charge < -0.3 is 24.5 Å². The quantitative estimate of drug-likeness (QED) is 0.594. The number of fused-ring (bicyclic) bond motifs is 2. The Hall–Kier alpha value is -3.46. The second-order valence-electron chi connectivity index (χ2n) is 10.7. The maximum atomic E-state index is 14.4. The fourth-order valence-corrected chi connectivity index (χ4v) is 7.20. The fraction of sp³-hybridized carbons (Fsp3) is 0.367. The van der Waals surface area contributed by atoms with Gasteiger partial charge in [-0.05, 0) is 37.6 Å². The van der Waals surface area contributed by atoms with Crippen molar-refractivity contribution in [3.63, 3.8) is 0 Å². The molecular weight excluding hydrogens is 518 g/mol. The molecule has 0 radical (unpaired) electrons. The molecule has 9 heteroatoms. The van der Waals surface area contributed by atoms with Crippen molar-refractivity contribution in [2.75, 3.05) is 36.0 Å².